The van der Waals surface area contributed by atoms with Gasteiger partial charge in [-0.1, -0.05) is 54.1 Å². The Hall–Kier alpha value is -2.19. The summed E-state index contributed by atoms with van der Waals surface area (Å²) in [6, 6.07) is 18.3. The largest absolute Gasteiger partial charge is 0.248 e. The molecule has 2 aromatic carbocycles. The Balaban J connectivity index is 1.77. The first-order chi connectivity index (χ1) is 10.3. The first-order valence-electron chi connectivity index (χ1n) is 6.92. The summed E-state index contributed by atoms with van der Waals surface area (Å²) < 4.78 is 2.15. The Morgan fingerprint density at radius 3 is 2.57 bits per heavy atom. The van der Waals surface area contributed by atoms with E-state index < -0.39 is 0 Å². The third kappa shape index (κ3) is 3.89. The minimum absolute atomic E-state index is 0.764. The second-order valence-electron chi connectivity index (χ2n) is 5.01. The second kappa shape index (κ2) is 6.51. The smallest absolute Gasteiger partial charge is 0.191 e. The molecule has 0 radical (unpaired) electrons. The predicted octanol–water partition coefficient (Wildman–Crippen LogP) is 3.66. The van der Waals surface area contributed by atoms with Crippen molar-refractivity contribution in [2.45, 2.75) is 13.0 Å². The Kier molecular flexibility index (Phi) is 4.27. The summed E-state index contributed by atoms with van der Waals surface area (Å²) in [6.45, 7) is 0.853. The average Bonchev–Trinajstić information content (AvgIpc) is 2.49. The summed E-state index contributed by atoms with van der Waals surface area (Å²) in [5.74, 6) is 0. The van der Waals surface area contributed by atoms with Crippen LogP contribution in [-0.2, 0) is 13.0 Å². The molecule has 0 aliphatic carbocycles. The Morgan fingerprint density at radius 1 is 0.952 bits per heavy atom. The minimum atomic E-state index is 0.764. The van der Waals surface area contributed by atoms with Gasteiger partial charge in [0.1, 0.15) is 5.69 Å². The number of hydrogen-bond acceptors (Lipinski definition) is 1. The van der Waals surface area contributed by atoms with Crippen LogP contribution in [0.1, 0.15) is 16.8 Å². The SMILES string of the molecule is Clc1cccc(Cc2c[n+](Cc3ccccc3)ccn2)c1. The molecule has 3 heteroatoms. The van der Waals surface area contributed by atoms with Crippen molar-refractivity contribution in [3.8, 4) is 0 Å². The van der Waals surface area contributed by atoms with E-state index in [1.54, 1.807) is 0 Å². The summed E-state index contributed by atoms with van der Waals surface area (Å²) in [5.41, 5.74) is 3.49. The second-order valence-corrected chi connectivity index (χ2v) is 5.45. The predicted molar refractivity (Wildman–Crippen MR) is 84.2 cm³/mol. The van der Waals surface area contributed by atoms with Gasteiger partial charge in [-0.3, -0.25) is 0 Å². The van der Waals surface area contributed by atoms with Gasteiger partial charge in [0.05, 0.1) is 6.20 Å². The average molecular weight is 296 g/mol. The van der Waals surface area contributed by atoms with Gasteiger partial charge in [0.2, 0.25) is 0 Å². The highest BCUT2D eigenvalue weighted by Gasteiger charge is 2.06. The lowest BCUT2D eigenvalue weighted by Gasteiger charge is -2.02. The Morgan fingerprint density at radius 2 is 1.76 bits per heavy atom. The number of nitrogens with zero attached hydrogens (tertiary/aromatic N) is 2. The van der Waals surface area contributed by atoms with Crippen LogP contribution in [0.4, 0.5) is 0 Å². The molecule has 0 bridgehead atoms. The van der Waals surface area contributed by atoms with Gasteiger partial charge in [-0.05, 0) is 17.7 Å². The first-order valence-corrected chi connectivity index (χ1v) is 7.30. The van der Waals surface area contributed by atoms with Gasteiger partial charge in [-0.25, -0.2) is 4.98 Å². The van der Waals surface area contributed by atoms with Gasteiger partial charge in [0.25, 0.3) is 0 Å². The molecular formula is C18H16ClN2+. The van der Waals surface area contributed by atoms with Gasteiger partial charge < -0.3 is 0 Å². The molecule has 0 saturated heterocycles. The molecule has 104 valence electrons. The minimum Gasteiger partial charge on any atom is -0.248 e. The number of benzene rings is 2. The van der Waals surface area contributed by atoms with Crippen LogP contribution in [0.5, 0.6) is 0 Å². The number of rotatable bonds is 4. The van der Waals surface area contributed by atoms with Crippen molar-refractivity contribution < 1.29 is 4.57 Å². The van der Waals surface area contributed by atoms with Crippen molar-refractivity contribution in [3.05, 3.63) is 95.0 Å². The van der Waals surface area contributed by atoms with E-state index in [2.05, 4.69) is 46.1 Å². The van der Waals surface area contributed by atoms with Crippen LogP contribution in [-0.4, -0.2) is 4.98 Å². The molecule has 0 aliphatic rings. The maximum atomic E-state index is 6.02. The summed E-state index contributed by atoms with van der Waals surface area (Å²) in [5, 5.41) is 0.764. The maximum absolute atomic E-state index is 6.02. The summed E-state index contributed by atoms with van der Waals surface area (Å²) in [7, 11) is 0. The van der Waals surface area contributed by atoms with E-state index in [0.29, 0.717) is 0 Å². The molecule has 0 spiro atoms. The van der Waals surface area contributed by atoms with Crippen molar-refractivity contribution in [3.63, 3.8) is 0 Å². The standard InChI is InChI=1S/C18H16ClN2/c19-17-8-4-7-16(11-17)12-18-14-21(10-9-20-18)13-15-5-2-1-3-6-15/h1-11,14H,12-13H2/q+1. The van der Waals surface area contributed by atoms with Crippen LogP contribution in [0.2, 0.25) is 5.02 Å². The number of hydrogen-bond donors (Lipinski definition) is 0. The summed E-state index contributed by atoms with van der Waals surface area (Å²) in [4.78, 5) is 4.44. The molecule has 3 aromatic rings. The summed E-state index contributed by atoms with van der Waals surface area (Å²) >= 11 is 6.02. The quantitative estimate of drug-likeness (QED) is 0.671. The van der Waals surface area contributed by atoms with E-state index in [0.717, 1.165) is 23.7 Å². The van der Waals surface area contributed by atoms with Crippen molar-refractivity contribution >= 4 is 11.6 Å². The van der Waals surface area contributed by atoms with Gasteiger partial charge in [0, 0.05) is 17.0 Å². The summed E-state index contributed by atoms with van der Waals surface area (Å²) in [6.07, 6.45) is 6.72. The zero-order chi connectivity index (χ0) is 14.5. The van der Waals surface area contributed by atoms with Crippen molar-refractivity contribution in [2.24, 2.45) is 0 Å². The molecule has 1 aromatic heterocycles. The maximum Gasteiger partial charge on any atom is 0.191 e. The van der Waals surface area contributed by atoms with E-state index in [-0.39, 0.29) is 0 Å². The van der Waals surface area contributed by atoms with Crippen LogP contribution < -0.4 is 4.57 Å². The molecule has 0 N–H and O–H groups in total. The lowest BCUT2D eigenvalue weighted by Crippen LogP contribution is -2.34. The Bertz CT molecular complexity index is 726. The van der Waals surface area contributed by atoms with Crippen molar-refractivity contribution in [1.29, 1.82) is 0 Å². The molecule has 0 aliphatic heterocycles. The van der Waals surface area contributed by atoms with Gasteiger partial charge in [0.15, 0.2) is 18.9 Å². The fraction of sp³-hybridized carbons (Fsp3) is 0.111. The van der Waals surface area contributed by atoms with E-state index in [1.807, 2.05) is 36.7 Å². The van der Waals surface area contributed by atoms with Crippen LogP contribution in [0.3, 0.4) is 0 Å². The fourth-order valence-corrected chi connectivity index (χ4v) is 2.54. The molecule has 0 unspecified atom stereocenters. The third-order valence-electron chi connectivity index (χ3n) is 3.30. The van der Waals surface area contributed by atoms with E-state index in [1.165, 1.54) is 11.1 Å². The van der Waals surface area contributed by atoms with Crippen LogP contribution in [0.25, 0.3) is 0 Å². The highest BCUT2D eigenvalue weighted by Crippen LogP contribution is 2.13. The molecule has 0 saturated carbocycles. The molecule has 3 rings (SSSR count). The monoisotopic (exact) mass is 295 g/mol. The molecule has 0 amide bonds. The van der Waals surface area contributed by atoms with Crippen LogP contribution >= 0.6 is 11.6 Å². The van der Waals surface area contributed by atoms with Gasteiger partial charge >= 0.3 is 0 Å². The fourth-order valence-electron chi connectivity index (χ4n) is 2.32. The normalized spacial score (nSPS) is 10.5. The lowest BCUT2D eigenvalue weighted by molar-refractivity contribution is -0.689. The molecular weight excluding hydrogens is 280 g/mol. The molecule has 1 heterocycles. The molecule has 0 atom stereocenters. The lowest BCUT2D eigenvalue weighted by atomic mass is 10.1. The number of halogens is 1. The molecule has 21 heavy (non-hydrogen) atoms. The molecule has 2 nitrogen and oxygen atoms in total. The molecule has 0 fully saturated rings. The zero-order valence-electron chi connectivity index (χ0n) is 11.6. The number of aromatic nitrogens is 2. The van der Waals surface area contributed by atoms with Crippen molar-refractivity contribution in [1.82, 2.24) is 4.98 Å². The highest BCUT2D eigenvalue weighted by molar-refractivity contribution is 6.30. The topological polar surface area (TPSA) is 16.8 Å². The van der Waals surface area contributed by atoms with E-state index >= 15 is 0 Å². The Labute approximate surface area is 129 Å². The zero-order valence-corrected chi connectivity index (χ0v) is 12.4. The third-order valence-corrected chi connectivity index (χ3v) is 3.53. The van der Waals surface area contributed by atoms with E-state index in [9.17, 15) is 0 Å². The first kappa shape index (κ1) is 13.8. The van der Waals surface area contributed by atoms with E-state index in [4.69, 9.17) is 11.6 Å². The highest BCUT2D eigenvalue weighted by atomic mass is 35.5. The van der Waals surface area contributed by atoms with Gasteiger partial charge in [-0.15, -0.1) is 0 Å². The van der Waals surface area contributed by atoms with Gasteiger partial charge in [-0.2, -0.15) is 4.57 Å². The van der Waals surface area contributed by atoms with Crippen molar-refractivity contribution in [2.75, 3.05) is 0 Å². The van der Waals surface area contributed by atoms with Crippen LogP contribution in [0, 0.1) is 0 Å². The van der Waals surface area contributed by atoms with Crippen LogP contribution in [0.15, 0.2) is 73.2 Å².